The van der Waals surface area contributed by atoms with Crippen LogP contribution in [0.15, 0.2) is 42.5 Å². The zero-order valence-corrected chi connectivity index (χ0v) is 15.5. The van der Waals surface area contributed by atoms with Gasteiger partial charge < -0.3 is 15.4 Å². The number of likely N-dealkylation sites (N-methyl/N-ethyl adjacent to an activating group) is 1. The fraction of sp³-hybridized carbons (Fsp3) is 0.455. The lowest BCUT2D eigenvalue weighted by Gasteiger charge is -2.30. The van der Waals surface area contributed by atoms with Gasteiger partial charge in [0, 0.05) is 18.8 Å². The maximum Gasteiger partial charge on any atom is 0.119 e. The van der Waals surface area contributed by atoms with E-state index in [0.29, 0.717) is 5.92 Å². The summed E-state index contributed by atoms with van der Waals surface area (Å²) in [5, 5.41) is 0. The lowest BCUT2D eigenvalue weighted by Crippen LogP contribution is -2.28. The first kappa shape index (κ1) is 17.8. The van der Waals surface area contributed by atoms with E-state index in [1.165, 1.54) is 36.0 Å². The molecule has 0 saturated carbocycles. The van der Waals surface area contributed by atoms with Crippen molar-refractivity contribution in [3.8, 4) is 5.75 Å². The molecule has 2 N–H and O–H groups in total. The molecule has 1 atom stereocenters. The number of anilines is 1. The lowest BCUT2D eigenvalue weighted by atomic mass is 9.82. The molecule has 3 heteroatoms. The second-order valence-corrected chi connectivity index (χ2v) is 7.14. The third-order valence-corrected chi connectivity index (χ3v) is 5.13. The molecule has 25 heavy (non-hydrogen) atoms. The molecule has 3 nitrogen and oxygen atoms in total. The van der Waals surface area contributed by atoms with E-state index in [2.05, 4.69) is 42.3 Å². The van der Waals surface area contributed by atoms with Crippen molar-refractivity contribution in [2.75, 3.05) is 32.5 Å². The minimum atomic E-state index is 0.630. The number of hydrogen-bond donors (Lipinski definition) is 1. The summed E-state index contributed by atoms with van der Waals surface area (Å²) in [5.41, 5.74) is 11.0. The normalized spacial score (nSPS) is 16.7. The van der Waals surface area contributed by atoms with Gasteiger partial charge in [-0.15, -0.1) is 0 Å². The van der Waals surface area contributed by atoms with Crippen molar-refractivity contribution < 1.29 is 4.74 Å². The van der Waals surface area contributed by atoms with Gasteiger partial charge in [-0.1, -0.05) is 18.2 Å². The summed E-state index contributed by atoms with van der Waals surface area (Å²) in [6, 6.07) is 14.9. The van der Waals surface area contributed by atoms with Gasteiger partial charge in [0.05, 0.1) is 6.61 Å². The van der Waals surface area contributed by atoms with Crippen molar-refractivity contribution >= 4 is 5.69 Å². The molecule has 134 valence electrons. The van der Waals surface area contributed by atoms with E-state index in [1.807, 2.05) is 19.1 Å². The number of nitrogens with zero attached hydrogens (tertiary/aromatic N) is 1. The number of benzene rings is 2. The first-order valence-corrected chi connectivity index (χ1v) is 9.44. The molecule has 0 spiro atoms. The third-order valence-electron chi connectivity index (χ3n) is 5.13. The first-order valence-electron chi connectivity index (χ1n) is 9.44. The SMILES string of the molecule is CCOc1ccc2c(c1)CCCC2CN(C)CCc1cccc(N)c1. The molecular weight excluding hydrogens is 308 g/mol. The van der Waals surface area contributed by atoms with E-state index in [-0.39, 0.29) is 0 Å². The Kier molecular flexibility index (Phi) is 5.98. The summed E-state index contributed by atoms with van der Waals surface area (Å²) in [5.74, 6) is 1.64. The summed E-state index contributed by atoms with van der Waals surface area (Å²) < 4.78 is 5.66. The van der Waals surface area contributed by atoms with Crippen molar-refractivity contribution in [3.63, 3.8) is 0 Å². The predicted molar refractivity (Wildman–Crippen MR) is 105 cm³/mol. The van der Waals surface area contributed by atoms with Gasteiger partial charge in [-0.05, 0) is 86.5 Å². The highest BCUT2D eigenvalue weighted by atomic mass is 16.5. The van der Waals surface area contributed by atoms with E-state index in [0.717, 1.165) is 37.6 Å². The Morgan fingerprint density at radius 2 is 2.08 bits per heavy atom. The molecular formula is C22H30N2O. The number of nitrogen functional groups attached to an aromatic ring is 1. The number of ether oxygens (including phenoxy) is 1. The summed E-state index contributed by atoms with van der Waals surface area (Å²) in [6.45, 7) is 4.95. The molecule has 1 unspecified atom stereocenters. The zero-order valence-electron chi connectivity index (χ0n) is 15.5. The summed E-state index contributed by atoms with van der Waals surface area (Å²) in [6.07, 6.45) is 4.78. The van der Waals surface area contributed by atoms with Gasteiger partial charge in [0.25, 0.3) is 0 Å². The Morgan fingerprint density at radius 3 is 2.88 bits per heavy atom. The smallest absolute Gasteiger partial charge is 0.119 e. The molecule has 2 aromatic carbocycles. The molecule has 0 fully saturated rings. The second kappa shape index (κ2) is 8.39. The van der Waals surface area contributed by atoms with Gasteiger partial charge in [0.1, 0.15) is 5.75 Å². The summed E-state index contributed by atoms with van der Waals surface area (Å²) in [4.78, 5) is 2.46. The Morgan fingerprint density at radius 1 is 1.20 bits per heavy atom. The Hall–Kier alpha value is -2.00. The maximum atomic E-state index is 5.88. The minimum absolute atomic E-state index is 0.630. The molecule has 0 heterocycles. The average molecular weight is 338 g/mol. The zero-order chi connectivity index (χ0) is 17.6. The van der Waals surface area contributed by atoms with Crippen LogP contribution < -0.4 is 10.5 Å². The van der Waals surface area contributed by atoms with Crippen LogP contribution in [0.1, 0.15) is 42.4 Å². The molecule has 2 aromatic rings. The quantitative estimate of drug-likeness (QED) is 0.767. The van der Waals surface area contributed by atoms with Crippen LogP contribution in [0, 0.1) is 0 Å². The third kappa shape index (κ3) is 4.76. The molecule has 3 rings (SSSR count). The van der Waals surface area contributed by atoms with E-state index in [1.54, 1.807) is 0 Å². The summed E-state index contributed by atoms with van der Waals surface area (Å²) in [7, 11) is 2.23. The highest BCUT2D eigenvalue weighted by Crippen LogP contribution is 2.34. The standard InChI is InChI=1S/C22H30N2O/c1-3-25-21-10-11-22-18(15-21)7-5-8-19(22)16-24(2)13-12-17-6-4-9-20(23)14-17/h4,6,9-11,14-15,19H,3,5,7-8,12-13,16,23H2,1-2H3. The largest absolute Gasteiger partial charge is 0.494 e. The minimum Gasteiger partial charge on any atom is -0.494 e. The van der Waals surface area contributed by atoms with E-state index >= 15 is 0 Å². The number of hydrogen-bond acceptors (Lipinski definition) is 3. The van der Waals surface area contributed by atoms with Crippen LogP contribution in [0.4, 0.5) is 5.69 Å². The lowest BCUT2D eigenvalue weighted by molar-refractivity contribution is 0.300. The van der Waals surface area contributed by atoms with Gasteiger partial charge in [-0.25, -0.2) is 0 Å². The van der Waals surface area contributed by atoms with Gasteiger partial charge in [-0.2, -0.15) is 0 Å². The number of rotatable bonds is 7. The molecule has 1 aliphatic rings. The van der Waals surface area contributed by atoms with Crippen molar-refractivity contribution in [2.45, 2.75) is 38.5 Å². The fourth-order valence-electron chi connectivity index (χ4n) is 3.87. The first-order chi connectivity index (χ1) is 12.2. The monoisotopic (exact) mass is 338 g/mol. The van der Waals surface area contributed by atoms with E-state index in [4.69, 9.17) is 10.5 Å². The Balaban J connectivity index is 1.59. The van der Waals surface area contributed by atoms with Crippen LogP contribution in [0.2, 0.25) is 0 Å². The number of fused-ring (bicyclic) bond motifs is 1. The molecule has 0 bridgehead atoms. The molecule has 0 amide bonds. The van der Waals surface area contributed by atoms with Crippen LogP contribution in [-0.4, -0.2) is 31.6 Å². The molecule has 0 saturated heterocycles. The average Bonchev–Trinajstić information content (AvgIpc) is 2.60. The predicted octanol–water partition coefficient (Wildman–Crippen LogP) is 4.26. The topological polar surface area (TPSA) is 38.5 Å². The van der Waals surface area contributed by atoms with E-state index in [9.17, 15) is 0 Å². The van der Waals surface area contributed by atoms with Crippen molar-refractivity contribution in [2.24, 2.45) is 0 Å². The van der Waals surface area contributed by atoms with Gasteiger partial charge in [0.2, 0.25) is 0 Å². The maximum absolute atomic E-state index is 5.88. The van der Waals surface area contributed by atoms with Crippen molar-refractivity contribution in [1.29, 1.82) is 0 Å². The van der Waals surface area contributed by atoms with E-state index < -0.39 is 0 Å². The van der Waals surface area contributed by atoms with Gasteiger partial charge >= 0.3 is 0 Å². The van der Waals surface area contributed by atoms with Crippen LogP contribution in [-0.2, 0) is 12.8 Å². The molecule has 0 aromatic heterocycles. The highest BCUT2D eigenvalue weighted by molar-refractivity contribution is 5.41. The van der Waals surface area contributed by atoms with Crippen LogP contribution in [0.25, 0.3) is 0 Å². The van der Waals surface area contributed by atoms with Crippen LogP contribution >= 0.6 is 0 Å². The van der Waals surface area contributed by atoms with Crippen LogP contribution in [0.3, 0.4) is 0 Å². The molecule has 0 aliphatic heterocycles. The Labute approximate surface area is 151 Å². The number of nitrogens with two attached hydrogens (primary N) is 1. The van der Waals surface area contributed by atoms with Crippen molar-refractivity contribution in [1.82, 2.24) is 4.90 Å². The number of aryl methyl sites for hydroxylation is 1. The van der Waals surface area contributed by atoms with Gasteiger partial charge in [-0.3, -0.25) is 0 Å². The van der Waals surface area contributed by atoms with Crippen molar-refractivity contribution in [3.05, 3.63) is 59.2 Å². The Bertz CT molecular complexity index is 698. The van der Waals surface area contributed by atoms with Crippen LogP contribution in [0.5, 0.6) is 5.75 Å². The fourth-order valence-corrected chi connectivity index (χ4v) is 3.87. The second-order valence-electron chi connectivity index (χ2n) is 7.14. The van der Waals surface area contributed by atoms with Gasteiger partial charge in [0.15, 0.2) is 0 Å². The molecule has 1 aliphatic carbocycles. The molecule has 0 radical (unpaired) electrons. The highest BCUT2D eigenvalue weighted by Gasteiger charge is 2.21. The summed E-state index contributed by atoms with van der Waals surface area (Å²) >= 11 is 0.